The van der Waals surface area contributed by atoms with E-state index in [1.165, 1.54) is 60.5 Å². The molecule has 0 aliphatic carbocycles. The first-order valence-corrected chi connectivity index (χ1v) is 25.2. The molecule has 4 nitrogen and oxygen atoms in total. The van der Waals surface area contributed by atoms with Crippen molar-refractivity contribution < 1.29 is 8.83 Å². The van der Waals surface area contributed by atoms with Gasteiger partial charge in [-0.2, -0.15) is 0 Å². The van der Waals surface area contributed by atoms with Crippen molar-refractivity contribution in [2.45, 2.75) is 0 Å². The van der Waals surface area contributed by atoms with Crippen LogP contribution >= 0.6 is 15.9 Å². The average Bonchev–Trinajstić information content (AvgIpc) is 4.03. The molecule has 0 spiro atoms. The molecule has 5 heteroatoms. The fourth-order valence-corrected chi connectivity index (χ4v) is 10.2. The zero-order chi connectivity index (χ0) is 49.1. The Morgan fingerprint density at radius 2 is 0.616 bits per heavy atom. The van der Waals surface area contributed by atoms with Gasteiger partial charge in [0, 0.05) is 43.1 Å². The second kappa shape index (κ2) is 19.9. The van der Waals surface area contributed by atoms with E-state index in [0.29, 0.717) is 0 Å². The lowest BCUT2D eigenvalue weighted by atomic mass is 9.98. The molecule has 0 aliphatic heterocycles. The number of halogens is 1. The van der Waals surface area contributed by atoms with E-state index in [4.69, 9.17) is 14.6 Å². The van der Waals surface area contributed by atoms with Gasteiger partial charge in [0.15, 0.2) is 0 Å². The van der Waals surface area contributed by atoms with E-state index in [0.717, 1.165) is 71.0 Å². The van der Waals surface area contributed by atoms with Crippen LogP contribution in [0.3, 0.4) is 0 Å². The smallest absolute Gasteiger partial charge is 0.136 e. The maximum Gasteiger partial charge on any atom is 0.136 e. The first kappa shape index (κ1) is 45.0. The van der Waals surface area contributed by atoms with Crippen molar-refractivity contribution in [2.75, 3.05) is 11.1 Å². The van der Waals surface area contributed by atoms with Crippen LogP contribution in [0.25, 0.3) is 110 Å². The van der Waals surface area contributed by atoms with Crippen LogP contribution in [-0.4, -0.2) is 0 Å². The molecular weight excluding hydrogens is 957 g/mol. The number of nitrogen functional groups attached to an aromatic ring is 1. The van der Waals surface area contributed by atoms with E-state index < -0.39 is 0 Å². The summed E-state index contributed by atoms with van der Waals surface area (Å²) >= 11 is 3.47. The predicted molar refractivity (Wildman–Crippen MR) is 312 cm³/mol. The van der Waals surface area contributed by atoms with Crippen molar-refractivity contribution >= 4 is 98.4 Å². The molecule has 0 saturated carbocycles. The lowest BCUT2D eigenvalue weighted by Gasteiger charge is -2.11. The summed E-state index contributed by atoms with van der Waals surface area (Å²) in [6.07, 6.45) is 0. The zero-order valence-corrected chi connectivity index (χ0v) is 41.3. The summed E-state index contributed by atoms with van der Waals surface area (Å²) < 4.78 is 13.1. The Labute approximate surface area is 431 Å². The molecule has 2 aromatic heterocycles. The Bertz CT molecular complexity index is 4220. The minimum atomic E-state index is 0.776. The van der Waals surface area contributed by atoms with Crippen molar-refractivity contribution in [3.8, 4) is 44.5 Å². The normalized spacial score (nSPS) is 11.1. The van der Waals surface area contributed by atoms with E-state index in [1.807, 2.05) is 72.8 Å². The molecule has 0 atom stereocenters. The van der Waals surface area contributed by atoms with Gasteiger partial charge in [-0.05, 0) is 139 Å². The topological polar surface area (TPSA) is 64.3 Å². The summed E-state index contributed by atoms with van der Waals surface area (Å²) in [4.78, 5) is 0. The summed E-state index contributed by atoms with van der Waals surface area (Å²) in [6.45, 7) is 0. The number of rotatable bonds is 6. The SMILES string of the molecule is Brc1ccc(-c2cccc3ccccc23)cc1.Nc1ccc(-c2cccc3oc4ccccc4c23)cc1.c1ccc2c(-c3ccc(Nc4ccc(-c5cccc6oc7ccccc7c56)cc4)cc3)cccc2c1. The molecule has 0 amide bonds. The van der Waals surface area contributed by atoms with E-state index >= 15 is 0 Å². The number of nitrogens with one attached hydrogen (secondary N) is 1. The highest BCUT2D eigenvalue weighted by atomic mass is 79.9. The number of para-hydroxylation sites is 2. The van der Waals surface area contributed by atoms with Gasteiger partial charge in [-0.15, -0.1) is 0 Å². The van der Waals surface area contributed by atoms with Gasteiger partial charge in [0.1, 0.15) is 22.3 Å². The molecule has 3 N–H and O–H groups in total. The third-order valence-corrected chi connectivity index (χ3v) is 14.0. The Kier molecular flexibility index (Phi) is 12.3. The van der Waals surface area contributed by atoms with Gasteiger partial charge in [-0.25, -0.2) is 0 Å². The van der Waals surface area contributed by atoms with Crippen molar-refractivity contribution in [2.24, 2.45) is 0 Å². The summed E-state index contributed by atoms with van der Waals surface area (Å²) in [5.74, 6) is 0. The number of anilines is 3. The number of hydrogen-bond donors (Lipinski definition) is 2. The Morgan fingerprint density at radius 3 is 1.08 bits per heavy atom. The maximum atomic E-state index is 6.07. The lowest BCUT2D eigenvalue weighted by molar-refractivity contribution is 0.668. The van der Waals surface area contributed by atoms with E-state index in [9.17, 15) is 0 Å². The molecule has 0 saturated heterocycles. The van der Waals surface area contributed by atoms with Crippen LogP contribution < -0.4 is 11.1 Å². The van der Waals surface area contributed by atoms with Crippen molar-refractivity contribution in [1.29, 1.82) is 0 Å². The largest absolute Gasteiger partial charge is 0.456 e. The summed E-state index contributed by atoms with van der Waals surface area (Å²) in [7, 11) is 0. The molecule has 0 unspecified atom stereocenters. The molecule has 0 fully saturated rings. The highest BCUT2D eigenvalue weighted by molar-refractivity contribution is 9.10. The van der Waals surface area contributed by atoms with Gasteiger partial charge in [-0.3, -0.25) is 0 Å². The second-order valence-electron chi connectivity index (χ2n) is 18.0. The first-order chi connectivity index (χ1) is 36.0. The quantitative estimate of drug-likeness (QED) is 0.163. The fourth-order valence-electron chi connectivity index (χ4n) is 9.91. The third-order valence-electron chi connectivity index (χ3n) is 13.4. The van der Waals surface area contributed by atoms with Crippen LogP contribution in [0.4, 0.5) is 17.1 Å². The Hall–Kier alpha value is -9.16. The van der Waals surface area contributed by atoms with Crippen molar-refractivity contribution in [3.05, 3.63) is 271 Å². The van der Waals surface area contributed by atoms with E-state index in [1.54, 1.807) is 0 Å². The van der Waals surface area contributed by atoms with Crippen LogP contribution in [0.1, 0.15) is 0 Å². The third kappa shape index (κ3) is 9.22. The number of benzene rings is 12. The van der Waals surface area contributed by atoms with Gasteiger partial charge in [0.2, 0.25) is 0 Å². The van der Waals surface area contributed by atoms with Crippen molar-refractivity contribution in [3.63, 3.8) is 0 Å². The molecule has 14 rings (SSSR count). The summed E-state index contributed by atoms with van der Waals surface area (Å²) in [5.41, 5.74) is 22.0. The molecule has 348 valence electrons. The van der Waals surface area contributed by atoms with Gasteiger partial charge >= 0.3 is 0 Å². The molecule has 12 aromatic carbocycles. The van der Waals surface area contributed by atoms with Gasteiger partial charge in [-0.1, -0.05) is 210 Å². The predicted octanol–water partition coefficient (Wildman–Crippen LogP) is 19.9. The number of fused-ring (bicyclic) bond motifs is 8. The Balaban J connectivity index is 0.000000123. The van der Waals surface area contributed by atoms with Gasteiger partial charge in [0.25, 0.3) is 0 Å². The molecule has 2 heterocycles. The summed E-state index contributed by atoms with van der Waals surface area (Å²) in [6, 6.07) is 92.4. The fraction of sp³-hybridized carbons (Fsp3) is 0. The molecule has 0 radical (unpaired) electrons. The number of nitrogens with two attached hydrogens (primary N) is 1. The lowest BCUT2D eigenvalue weighted by Crippen LogP contribution is -1.90. The standard InChI is InChI=1S/C34H23NO.C18H13NO.C16H11Br/c1-2-9-28-23(7-1)8-5-11-29(28)24-15-19-26(20-16-24)35-27-21-17-25(18-22-27)30-12-6-14-33-34(30)31-10-3-4-13-32(31)36-33;19-13-10-8-12(9-11-13)14-5-3-7-17-18(14)15-4-1-2-6-16(15)20-17;17-14-10-8-13(9-11-14)16-7-3-5-12-4-1-2-6-15(12)16/h1-22,35H;1-11H,19H2;1-11H. The van der Waals surface area contributed by atoms with E-state index in [-0.39, 0.29) is 0 Å². The summed E-state index contributed by atoms with van der Waals surface area (Å²) in [5, 5.41) is 13.3. The second-order valence-corrected chi connectivity index (χ2v) is 18.9. The van der Waals surface area contributed by atoms with Crippen LogP contribution in [0.5, 0.6) is 0 Å². The van der Waals surface area contributed by atoms with Crippen LogP contribution in [-0.2, 0) is 0 Å². The highest BCUT2D eigenvalue weighted by Gasteiger charge is 2.14. The Morgan fingerprint density at radius 1 is 0.288 bits per heavy atom. The van der Waals surface area contributed by atoms with Crippen LogP contribution in [0.2, 0.25) is 0 Å². The first-order valence-electron chi connectivity index (χ1n) is 24.4. The monoisotopic (exact) mass is 1000 g/mol. The molecule has 0 aliphatic rings. The van der Waals surface area contributed by atoms with Crippen molar-refractivity contribution in [1.82, 2.24) is 0 Å². The highest BCUT2D eigenvalue weighted by Crippen LogP contribution is 2.39. The van der Waals surface area contributed by atoms with Crippen LogP contribution in [0.15, 0.2) is 280 Å². The number of hydrogen-bond acceptors (Lipinski definition) is 4. The molecular formula is C68H47BrN2O2. The minimum absolute atomic E-state index is 0.776. The minimum Gasteiger partial charge on any atom is -0.456 e. The molecule has 73 heavy (non-hydrogen) atoms. The number of furan rings is 2. The average molecular weight is 1000 g/mol. The van der Waals surface area contributed by atoms with E-state index in [2.05, 4.69) is 215 Å². The zero-order valence-electron chi connectivity index (χ0n) is 39.7. The van der Waals surface area contributed by atoms with Gasteiger partial charge < -0.3 is 19.9 Å². The van der Waals surface area contributed by atoms with Crippen LogP contribution in [0, 0.1) is 0 Å². The van der Waals surface area contributed by atoms with Gasteiger partial charge in [0.05, 0.1) is 0 Å². The maximum absolute atomic E-state index is 6.07. The molecule has 14 aromatic rings. The molecule has 0 bridgehead atoms.